The van der Waals surface area contributed by atoms with E-state index in [4.69, 9.17) is 10.5 Å². The SMILES string of the molecule is CN(CCN)C1CCCN(CC2CCCO2)C1. The summed E-state index contributed by atoms with van der Waals surface area (Å²) in [6.45, 7) is 6.31. The first-order chi connectivity index (χ1) is 8.29. The monoisotopic (exact) mass is 241 g/mol. The van der Waals surface area contributed by atoms with Crippen molar-refractivity contribution in [3.8, 4) is 0 Å². The Morgan fingerprint density at radius 1 is 1.35 bits per heavy atom. The van der Waals surface area contributed by atoms with Crippen molar-refractivity contribution in [2.45, 2.75) is 37.8 Å². The molecule has 0 amide bonds. The molecule has 2 N–H and O–H groups in total. The number of ether oxygens (including phenoxy) is 1. The summed E-state index contributed by atoms with van der Waals surface area (Å²) in [5, 5.41) is 0. The highest BCUT2D eigenvalue weighted by molar-refractivity contribution is 4.81. The van der Waals surface area contributed by atoms with Crippen molar-refractivity contribution in [1.82, 2.24) is 9.80 Å². The van der Waals surface area contributed by atoms with Gasteiger partial charge in [-0.15, -0.1) is 0 Å². The highest BCUT2D eigenvalue weighted by atomic mass is 16.5. The van der Waals surface area contributed by atoms with E-state index in [1.807, 2.05) is 0 Å². The lowest BCUT2D eigenvalue weighted by molar-refractivity contribution is 0.0466. The molecule has 4 nitrogen and oxygen atoms in total. The van der Waals surface area contributed by atoms with Crippen molar-refractivity contribution in [3.05, 3.63) is 0 Å². The molecule has 0 aromatic carbocycles. The first-order valence-electron chi connectivity index (χ1n) is 7.04. The molecule has 4 heteroatoms. The number of nitrogens with two attached hydrogens (primary N) is 1. The molecule has 2 fully saturated rings. The Hall–Kier alpha value is -0.160. The molecule has 0 aromatic heterocycles. The van der Waals surface area contributed by atoms with Crippen LogP contribution in [0.4, 0.5) is 0 Å². The largest absolute Gasteiger partial charge is 0.377 e. The molecule has 2 aliphatic rings. The van der Waals surface area contributed by atoms with Crippen molar-refractivity contribution in [2.75, 3.05) is 46.4 Å². The molecule has 2 atom stereocenters. The normalized spacial score (nSPS) is 31.2. The van der Waals surface area contributed by atoms with Crippen LogP contribution in [-0.4, -0.2) is 68.3 Å². The van der Waals surface area contributed by atoms with E-state index >= 15 is 0 Å². The molecule has 2 heterocycles. The highest BCUT2D eigenvalue weighted by Gasteiger charge is 2.26. The van der Waals surface area contributed by atoms with Crippen LogP contribution in [0.5, 0.6) is 0 Å². The Morgan fingerprint density at radius 3 is 2.94 bits per heavy atom. The van der Waals surface area contributed by atoms with Gasteiger partial charge in [-0.1, -0.05) is 0 Å². The van der Waals surface area contributed by atoms with Gasteiger partial charge in [0.1, 0.15) is 0 Å². The van der Waals surface area contributed by atoms with Gasteiger partial charge in [0.25, 0.3) is 0 Å². The zero-order chi connectivity index (χ0) is 12.1. The molecule has 0 saturated carbocycles. The van der Waals surface area contributed by atoms with Crippen molar-refractivity contribution in [2.24, 2.45) is 5.73 Å². The molecule has 2 rings (SSSR count). The van der Waals surface area contributed by atoms with E-state index in [0.717, 1.165) is 26.2 Å². The number of nitrogens with zero attached hydrogens (tertiary/aromatic N) is 2. The van der Waals surface area contributed by atoms with Gasteiger partial charge in [-0.3, -0.25) is 4.90 Å². The lowest BCUT2D eigenvalue weighted by atomic mass is 10.0. The summed E-state index contributed by atoms with van der Waals surface area (Å²) in [6, 6.07) is 0.689. The maximum absolute atomic E-state index is 5.72. The van der Waals surface area contributed by atoms with Crippen LogP contribution in [0.2, 0.25) is 0 Å². The van der Waals surface area contributed by atoms with Crippen molar-refractivity contribution >= 4 is 0 Å². The first kappa shape index (κ1) is 13.3. The number of rotatable bonds is 5. The Bertz CT molecular complexity index is 219. The topological polar surface area (TPSA) is 41.7 Å². The zero-order valence-corrected chi connectivity index (χ0v) is 11.1. The number of likely N-dealkylation sites (N-methyl/N-ethyl adjacent to an activating group) is 1. The fourth-order valence-corrected chi connectivity index (χ4v) is 3.02. The smallest absolute Gasteiger partial charge is 0.0702 e. The molecule has 0 radical (unpaired) electrons. The van der Waals surface area contributed by atoms with Crippen LogP contribution in [0, 0.1) is 0 Å². The lowest BCUT2D eigenvalue weighted by Gasteiger charge is -2.38. The first-order valence-corrected chi connectivity index (χ1v) is 7.04. The summed E-state index contributed by atoms with van der Waals surface area (Å²) in [4.78, 5) is 5.00. The van der Waals surface area contributed by atoms with E-state index in [9.17, 15) is 0 Å². The second kappa shape index (κ2) is 6.69. The van der Waals surface area contributed by atoms with Gasteiger partial charge in [-0.25, -0.2) is 0 Å². The minimum absolute atomic E-state index is 0.494. The van der Waals surface area contributed by atoms with Crippen molar-refractivity contribution in [3.63, 3.8) is 0 Å². The highest BCUT2D eigenvalue weighted by Crippen LogP contribution is 2.18. The van der Waals surface area contributed by atoms with Crippen LogP contribution in [-0.2, 0) is 4.74 Å². The fraction of sp³-hybridized carbons (Fsp3) is 1.00. The molecule has 0 aromatic rings. The van der Waals surface area contributed by atoms with Gasteiger partial charge in [0.15, 0.2) is 0 Å². The molecular formula is C13H27N3O. The van der Waals surface area contributed by atoms with Crippen LogP contribution in [0.1, 0.15) is 25.7 Å². The molecular weight excluding hydrogens is 214 g/mol. The summed E-state index contributed by atoms with van der Waals surface area (Å²) < 4.78 is 5.72. The van der Waals surface area contributed by atoms with Crippen LogP contribution in [0.25, 0.3) is 0 Å². The number of likely N-dealkylation sites (tertiary alicyclic amines) is 1. The van der Waals surface area contributed by atoms with Gasteiger partial charge in [0, 0.05) is 38.8 Å². The number of hydrogen-bond acceptors (Lipinski definition) is 4. The van der Waals surface area contributed by atoms with Crippen molar-refractivity contribution in [1.29, 1.82) is 0 Å². The standard InChI is InChI=1S/C13H27N3O/c1-15(8-6-14)12-4-2-7-16(10-12)11-13-5-3-9-17-13/h12-13H,2-11,14H2,1H3. The van der Waals surface area contributed by atoms with Crippen LogP contribution in [0.3, 0.4) is 0 Å². The summed E-state index contributed by atoms with van der Waals surface area (Å²) in [7, 11) is 2.20. The lowest BCUT2D eigenvalue weighted by Crippen LogP contribution is -2.49. The number of hydrogen-bond donors (Lipinski definition) is 1. The van der Waals surface area contributed by atoms with E-state index < -0.39 is 0 Å². The van der Waals surface area contributed by atoms with Gasteiger partial charge in [-0.2, -0.15) is 0 Å². The summed E-state index contributed by atoms with van der Waals surface area (Å²) in [5.74, 6) is 0. The van der Waals surface area contributed by atoms with Crippen LogP contribution < -0.4 is 5.73 Å². The van der Waals surface area contributed by atoms with Crippen LogP contribution in [0.15, 0.2) is 0 Å². The Labute approximate surface area is 105 Å². The predicted molar refractivity (Wildman–Crippen MR) is 70.1 cm³/mol. The average molecular weight is 241 g/mol. The Balaban J connectivity index is 1.75. The molecule has 0 bridgehead atoms. The summed E-state index contributed by atoms with van der Waals surface area (Å²) in [6.07, 6.45) is 5.62. The molecule has 2 saturated heterocycles. The quantitative estimate of drug-likeness (QED) is 0.762. The van der Waals surface area contributed by atoms with E-state index in [0.29, 0.717) is 12.1 Å². The van der Waals surface area contributed by atoms with E-state index in [1.165, 1.54) is 38.8 Å². The molecule has 2 aliphatic heterocycles. The van der Waals surface area contributed by atoms with Gasteiger partial charge in [0.2, 0.25) is 0 Å². The van der Waals surface area contributed by atoms with Gasteiger partial charge < -0.3 is 15.4 Å². The minimum Gasteiger partial charge on any atom is -0.377 e. The van der Waals surface area contributed by atoms with Gasteiger partial charge in [-0.05, 0) is 39.3 Å². The number of piperidine rings is 1. The van der Waals surface area contributed by atoms with Crippen molar-refractivity contribution < 1.29 is 4.74 Å². The summed E-state index contributed by atoms with van der Waals surface area (Å²) >= 11 is 0. The predicted octanol–water partition coefficient (Wildman–Crippen LogP) is 0.520. The maximum atomic E-state index is 5.72. The fourth-order valence-electron chi connectivity index (χ4n) is 3.02. The average Bonchev–Trinajstić information content (AvgIpc) is 2.82. The molecule has 2 unspecified atom stereocenters. The minimum atomic E-state index is 0.494. The molecule has 17 heavy (non-hydrogen) atoms. The molecule has 100 valence electrons. The Morgan fingerprint density at radius 2 is 2.24 bits per heavy atom. The third kappa shape index (κ3) is 3.91. The van der Waals surface area contributed by atoms with E-state index in [1.54, 1.807) is 0 Å². The third-order valence-electron chi connectivity index (χ3n) is 4.07. The van der Waals surface area contributed by atoms with E-state index in [-0.39, 0.29) is 0 Å². The second-order valence-corrected chi connectivity index (χ2v) is 5.46. The molecule has 0 aliphatic carbocycles. The zero-order valence-electron chi connectivity index (χ0n) is 11.1. The third-order valence-corrected chi connectivity index (χ3v) is 4.07. The Kier molecular flexibility index (Phi) is 5.22. The second-order valence-electron chi connectivity index (χ2n) is 5.46. The van der Waals surface area contributed by atoms with E-state index in [2.05, 4.69) is 16.8 Å². The van der Waals surface area contributed by atoms with Gasteiger partial charge in [0.05, 0.1) is 6.10 Å². The summed E-state index contributed by atoms with van der Waals surface area (Å²) in [5.41, 5.74) is 5.63. The van der Waals surface area contributed by atoms with Crippen LogP contribution >= 0.6 is 0 Å². The van der Waals surface area contributed by atoms with Gasteiger partial charge >= 0.3 is 0 Å². The molecule has 0 spiro atoms. The maximum Gasteiger partial charge on any atom is 0.0702 e.